The second-order valence-corrected chi connectivity index (χ2v) is 4.90. The molecule has 0 saturated carbocycles. The number of benzene rings is 3. The Morgan fingerprint density at radius 3 is 2.45 bits per heavy atom. The second-order valence-electron chi connectivity index (χ2n) is 4.90. The van der Waals surface area contributed by atoms with Crippen molar-refractivity contribution in [2.75, 3.05) is 5.32 Å². The van der Waals surface area contributed by atoms with Gasteiger partial charge in [-0.2, -0.15) is 0 Å². The summed E-state index contributed by atoms with van der Waals surface area (Å²) in [7, 11) is 0. The zero-order valence-corrected chi connectivity index (χ0v) is 11.3. The van der Waals surface area contributed by atoms with Gasteiger partial charge in [-0.15, -0.1) is 0 Å². The van der Waals surface area contributed by atoms with Gasteiger partial charge in [-0.3, -0.25) is 0 Å². The fourth-order valence-corrected chi connectivity index (χ4v) is 2.44. The fraction of sp³-hybridized carbons (Fsp3) is 0.111. The third-order valence-electron chi connectivity index (χ3n) is 3.50. The first-order chi connectivity index (χ1) is 9.86. The van der Waals surface area contributed by atoms with Gasteiger partial charge in [0.2, 0.25) is 0 Å². The average molecular weight is 262 g/mol. The van der Waals surface area contributed by atoms with E-state index in [0.29, 0.717) is 6.54 Å². The minimum atomic E-state index is 0.585. The highest BCUT2D eigenvalue weighted by Gasteiger charge is 2.00. The van der Waals surface area contributed by atoms with Crippen LogP contribution in [0.25, 0.3) is 10.8 Å². The molecule has 2 heteroatoms. The van der Waals surface area contributed by atoms with Crippen LogP contribution in [0.1, 0.15) is 11.1 Å². The second kappa shape index (κ2) is 5.76. The van der Waals surface area contributed by atoms with E-state index in [1.165, 1.54) is 27.6 Å². The summed E-state index contributed by atoms with van der Waals surface area (Å²) in [5.41, 5.74) is 9.27. The average Bonchev–Trinajstić information content (AvgIpc) is 2.53. The first-order valence-electron chi connectivity index (χ1n) is 6.86. The van der Waals surface area contributed by atoms with Gasteiger partial charge in [0, 0.05) is 24.2 Å². The molecule has 0 aliphatic carbocycles. The van der Waals surface area contributed by atoms with Crippen molar-refractivity contribution >= 4 is 16.5 Å². The van der Waals surface area contributed by atoms with Crippen LogP contribution in [0.3, 0.4) is 0 Å². The van der Waals surface area contributed by atoms with Crippen LogP contribution in [0.2, 0.25) is 0 Å². The van der Waals surface area contributed by atoms with Crippen LogP contribution in [0, 0.1) is 0 Å². The van der Waals surface area contributed by atoms with E-state index >= 15 is 0 Å². The molecule has 0 heterocycles. The van der Waals surface area contributed by atoms with Crippen molar-refractivity contribution in [3.05, 3.63) is 77.9 Å². The molecule has 0 unspecified atom stereocenters. The number of nitrogens with two attached hydrogens (primary N) is 1. The predicted molar refractivity (Wildman–Crippen MR) is 85.6 cm³/mol. The molecular weight excluding hydrogens is 244 g/mol. The molecule has 3 N–H and O–H groups in total. The van der Waals surface area contributed by atoms with Crippen LogP contribution in [-0.4, -0.2) is 0 Å². The molecule has 0 spiro atoms. The Hall–Kier alpha value is -2.32. The maximum atomic E-state index is 5.68. The molecule has 0 bridgehead atoms. The van der Waals surface area contributed by atoms with E-state index in [4.69, 9.17) is 5.73 Å². The first-order valence-corrected chi connectivity index (χ1v) is 6.86. The maximum absolute atomic E-state index is 5.68. The number of rotatable bonds is 4. The Bertz CT molecular complexity index is 714. The third-order valence-corrected chi connectivity index (χ3v) is 3.50. The number of anilines is 1. The summed E-state index contributed by atoms with van der Waals surface area (Å²) < 4.78 is 0. The summed E-state index contributed by atoms with van der Waals surface area (Å²) in [6, 6.07) is 23.1. The Kier molecular flexibility index (Phi) is 3.66. The van der Waals surface area contributed by atoms with Crippen molar-refractivity contribution in [1.29, 1.82) is 0 Å². The molecule has 0 radical (unpaired) electrons. The van der Waals surface area contributed by atoms with E-state index in [2.05, 4.69) is 72.0 Å². The van der Waals surface area contributed by atoms with E-state index in [-0.39, 0.29) is 0 Å². The fourth-order valence-electron chi connectivity index (χ4n) is 2.44. The van der Waals surface area contributed by atoms with Crippen LogP contribution in [-0.2, 0) is 13.1 Å². The molecule has 20 heavy (non-hydrogen) atoms. The van der Waals surface area contributed by atoms with Gasteiger partial charge in [-0.25, -0.2) is 0 Å². The molecule has 0 amide bonds. The molecule has 0 aliphatic rings. The number of fused-ring (bicyclic) bond motifs is 1. The zero-order chi connectivity index (χ0) is 13.8. The summed E-state index contributed by atoms with van der Waals surface area (Å²) >= 11 is 0. The maximum Gasteiger partial charge on any atom is 0.0422 e. The van der Waals surface area contributed by atoms with E-state index < -0.39 is 0 Å². The molecule has 100 valence electrons. The lowest BCUT2D eigenvalue weighted by atomic mass is 10.1. The minimum Gasteiger partial charge on any atom is -0.380 e. The van der Waals surface area contributed by atoms with E-state index in [0.717, 1.165) is 6.54 Å². The lowest BCUT2D eigenvalue weighted by Gasteiger charge is -2.10. The Balaban J connectivity index is 1.83. The number of nitrogens with one attached hydrogen (secondary N) is 1. The largest absolute Gasteiger partial charge is 0.380 e. The molecule has 3 aromatic rings. The van der Waals surface area contributed by atoms with Crippen LogP contribution < -0.4 is 11.1 Å². The molecule has 3 rings (SSSR count). The molecule has 3 aromatic carbocycles. The molecule has 0 aliphatic heterocycles. The monoisotopic (exact) mass is 262 g/mol. The summed E-state index contributed by atoms with van der Waals surface area (Å²) in [5.74, 6) is 0. The van der Waals surface area contributed by atoms with Crippen molar-refractivity contribution in [2.24, 2.45) is 5.73 Å². The lowest BCUT2D eigenvalue weighted by Crippen LogP contribution is -2.02. The van der Waals surface area contributed by atoms with Crippen molar-refractivity contribution in [3.63, 3.8) is 0 Å². The quantitative estimate of drug-likeness (QED) is 0.748. The standard InChI is InChI=1S/C18H18N2/c19-12-14-5-3-6-15(11-14)13-20-18-10-4-8-16-7-1-2-9-17(16)18/h1-11,20H,12-13,19H2. The van der Waals surface area contributed by atoms with Crippen LogP contribution in [0.5, 0.6) is 0 Å². The number of hydrogen-bond donors (Lipinski definition) is 2. The minimum absolute atomic E-state index is 0.585. The van der Waals surface area contributed by atoms with Crippen LogP contribution in [0.4, 0.5) is 5.69 Å². The van der Waals surface area contributed by atoms with Crippen molar-refractivity contribution in [2.45, 2.75) is 13.1 Å². The Morgan fingerprint density at radius 1 is 0.800 bits per heavy atom. The normalized spacial score (nSPS) is 10.7. The lowest BCUT2D eigenvalue weighted by molar-refractivity contribution is 1.05. The van der Waals surface area contributed by atoms with Gasteiger partial charge >= 0.3 is 0 Å². The van der Waals surface area contributed by atoms with Crippen LogP contribution in [0.15, 0.2) is 66.7 Å². The highest BCUT2D eigenvalue weighted by atomic mass is 14.9. The van der Waals surface area contributed by atoms with Gasteiger partial charge in [0.15, 0.2) is 0 Å². The highest BCUT2D eigenvalue weighted by Crippen LogP contribution is 2.23. The van der Waals surface area contributed by atoms with Gasteiger partial charge < -0.3 is 11.1 Å². The predicted octanol–water partition coefficient (Wildman–Crippen LogP) is 3.91. The van der Waals surface area contributed by atoms with Gasteiger partial charge in [0.1, 0.15) is 0 Å². The molecule has 0 saturated heterocycles. The van der Waals surface area contributed by atoms with Crippen molar-refractivity contribution in [3.8, 4) is 0 Å². The third kappa shape index (κ3) is 2.65. The molecule has 0 aromatic heterocycles. The number of hydrogen-bond acceptors (Lipinski definition) is 2. The molecule has 0 atom stereocenters. The van der Waals surface area contributed by atoms with Crippen LogP contribution >= 0.6 is 0 Å². The highest BCUT2D eigenvalue weighted by molar-refractivity contribution is 5.93. The van der Waals surface area contributed by atoms with E-state index in [9.17, 15) is 0 Å². The Labute approximate surface area is 119 Å². The summed E-state index contributed by atoms with van der Waals surface area (Å²) in [5, 5.41) is 6.03. The van der Waals surface area contributed by atoms with Gasteiger partial charge in [0.25, 0.3) is 0 Å². The molecule has 2 nitrogen and oxygen atoms in total. The summed E-state index contributed by atoms with van der Waals surface area (Å²) in [4.78, 5) is 0. The topological polar surface area (TPSA) is 38.0 Å². The van der Waals surface area contributed by atoms with E-state index in [1.807, 2.05) is 0 Å². The summed E-state index contributed by atoms with van der Waals surface area (Å²) in [6.45, 7) is 1.39. The van der Waals surface area contributed by atoms with Crippen molar-refractivity contribution in [1.82, 2.24) is 0 Å². The summed E-state index contributed by atoms with van der Waals surface area (Å²) in [6.07, 6.45) is 0. The van der Waals surface area contributed by atoms with Crippen molar-refractivity contribution < 1.29 is 0 Å². The first kappa shape index (κ1) is 12.7. The van der Waals surface area contributed by atoms with Gasteiger partial charge in [-0.1, -0.05) is 60.7 Å². The smallest absolute Gasteiger partial charge is 0.0422 e. The van der Waals surface area contributed by atoms with Gasteiger partial charge in [0.05, 0.1) is 0 Å². The molecule has 0 fully saturated rings. The van der Waals surface area contributed by atoms with E-state index in [1.54, 1.807) is 0 Å². The zero-order valence-electron chi connectivity index (χ0n) is 11.3. The SMILES string of the molecule is NCc1cccc(CNc2cccc3ccccc23)c1. The van der Waals surface area contributed by atoms with Gasteiger partial charge in [-0.05, 0) is 22.6 Å². The molecular formula is C18H18N2. The Morgan fingerprint density at radius 2 is 1.55 bits per heavy atom.